The molecule has 0 bridgehead atoms. The molecule has 7 heteroatoms. The molecule has 0 amide bonds. The predicted octanol–water partition coefficient (Wildman–Crippen LogP) is 3.41. The quantitative estimate of drug-likeness (QED) is 0.567. The van der Waals surface area contributed by atoms with Crippen molar-refractivity contribution in [3.05, 3.63) is 60.0 Å². The largest absolute Gasteiger partial charge is 0.383 e. The molecule has 3 aromatic heterocycles. The number of thiophene rings is 1. The van der Waals surface area contributed by atoms with E-state index in [1.807, 2.05) is 31.4 Å². The van der Waals surface area contributed by atoms with E-state index in [1.54, 1.807) is 35.5 Å². The van der Waals surface area contributed by atoms with E-state index in [0.717, 1.165) is 32.7 Å². The van der Waals surface area contributed by atoms with Gasteiger partial charge in [0.1, 0.15) is 22.6 Å². The van der Waals surface area contributed by atoms with E-state index in [9.17, 15) is 5.11 Å². The summed E-state index contributed by atoms with van der Waals surface area (Å²) < 4.78 is 1.68. The first kappa shape index (κ1) is 16.7. The number of hydrogen-bond donors (Lipinski definition) is 2. The zero-order valence-electron chi connectivity index (χ0n) is 14.5. The van der Waals surface area contributed by atoms with E-state index in [2.05, 4.69) is 37.9 Å². The molecule has 4 aromatic rings. The highest BCUT2D eigenvalue weighted by Crippen LogP contribution is 2.36. The lowest BCUT2D eigenvalue weighted by Crippen LogP contribution is -2.30. The van der Waals surface area contributed by atoms with Crippen molar-refractivity contribution in [2.75, 3.05) is 11.9 Å². The molecule has 3 heterocycles. The normalized spacial score (nSPS) is 13.7. The number of hydrogen-bond acceptors (Lipinski definition) is 6. The van der Waals surface area contributed by atoms with Crippen LogP contribution in [0.15, 0.2) is 54.4 Å². The number of fused-ring (bicyclic) bond motifs is 1. The minimum atomic E-state index is -1.06. The zero-order chi connectivity index (χ0) is 18.1. The Morgan fingerprint density at radius 1 is 1.23 bits per heavy atom. The molecule has 0 aliphatic rings. The molecule has 0 saturated heterocycles. The van der Waals surface area contributed by atoms with Crippen molar-refractivity contribution >= 4 is 27.4 Å². The van der Waals surface area contributed by atoms with Crippen LogP contribution in [0.4, 0.5) is 5.82 Å². The van der Waals surface area contributed by atoms with Crippen LogP contribution in [-0.4, -0.2) is 31.4 Å². The van der Waals surface area contributed by atoms with Crippen LogP contribution in [0.3, 0.4) is 0 Å². The Labute approximate surface area is 155 Å². The van der Waals surface area contributed by atoms with Crippen LogP contribution in [0.25, 0.3) is 21.3 Å². The zero-order valence-corrected chi connectivity index (χ0v) is 15.4. The molecule has 26 heavy (non-hydrogen) atoms. The van der Waals surface area contributed by atoms with E-state index in [1.165, 1.54) is 0 Å². The molecule has 1 atom stereocenters. The molecular formula is C19H19N5OS. The monoisotopic (exact) mass is 365 g/mol. The number of nitrogens with zero attached hydrogens (tertiary/aromatic N) is 4. The third kappa shape index (κ3) is 3.07. The lowest BCUT2D eigenvalue weighted by molar-refractivity contribution is 0.0714. The summed E-state index contributed by atoms with van der Waals surface area (Å²) in [5, 5.41) is 21.3. The lowest BCUT2D eigenvalue weighted by atomic mass is 9.99. The lowest BCUT2D eigenvalue weighted by Gasteiger charge is -2.23. The van der Waals surface area contributed by atoms with Gasteiger partial charge in [0.15, 0.2) is 0 Å². The fraction of sp³-hybridized carbons (Fsp3) is 0.211. The van der Waals surface area contributed by atoms with Gasteiger partial charge < -0.3 is 10.4 Å². The molecule has 0 radical (unpaired) electrons. The molecular weight excluding hydrogens is 346 g/mol. The van der Waals surface area contributed by atoms with E-state index >= 15 is 0 Å². The number of rotatable bonds is 5. The molecule has 0 aliphatic heterocycles. The fourth-order valence-corrected chi connectivity index (χ4v) is 3.81. The van der Waals surface area contributed by atoms with Gasteiger partial charge in [0, 0.05) is 36.3 Å². The maximum Gasteiger partial charge on any atom is 0.138 e. The first-order chi connectivity index (χ1) is 12.5. The average Bonchev–Trinajstić information content (AvgIpc) is 3.28. The molecule has 2 N–H and O–H groups in total. The molecule has 0 aliphatic carbocycles. The Bertz CT molecular complexity index is 1040. The summed E-state index contributed by atoms with van der Waals surface area (Å²) >= 11 is 1.59. The first-order valence-corrected chi connectivity index (χ1v) is 9.15. The standard InChI is InChI=1S/C19H19N5OS/c1-19(25,14-8-23-24(2)9-14)11-20-17-16-15(13-6-4-3-5-7-13)10-26-18(16)22-12-21-17/h3-10,12,25H,11H2,1-2H3,(H,20,21,22)/t19-/m1/s1. The second-order valence-corrected chi connectivity index (χ2v) is 7.31. The van der Waals surface area contributed by atoms with Crippen molar-refractivity contribution in [1.29, 1.82) is 0 Å². The van der Waals surface area contributed by atoms with Crippen molar-refractivity contribution in [2.24, 2.45) is 7.05 Å². The van der Waals surface area contributed by atoms with Crippen LogP contribution in [0.1, 0.15) is 12.5 Å². The van der Waals surface area contributed by atoms with Crippen molar-refractivity contribution < 1.29 is 5.11 Å². The summed E-state index contributed by atoms with van der Waals surface area (Å²) in [6.07, 6.45) is 5.04. The van der Waals surface area contributed by atoms with Gasteiger partial charge in [-0.3, -0.25) is 4.68 Å². The number of nitrogens with one attached hydrogen (secondary N) is 1. The number of aromatic nitrogens is 4. The van der Waals surface area contributed by atoms with E-state index in [4.69, 9.17) is 0 Å². The second-order valence-electron chi connectivity index (χ2n) is 6.45. The van der Waals surface area contributed by atoms with Gasteiger partial charge in [-0.05, 0) is 12.5 Å². The van der Waals surface area contributed by atoms with Gasteiger partial charge in [-0.25, -0.2) is 9.97 Å². The van der Waals surface area contributed by atoms with Gasteiger partial charge >= 0.3 is 0 Å². The molecule has 0 fully saturated rings. The minimum absolute atomic E-state index is 0.314. The Morgan fingerprint density at radius 2 is 2.04 bits per heavy atom. The van der Waals surface area contributed by atoms with Crippen LogP contribution in [0, 0.1) is 0 Å². The Hall–Kier alpha value is -2.77. The van der Waals surface area contributed by atoms with E-state index in [-0.39, 0.29) is 0 Å². The van der Waals surface area contributed by atoms with E-state index < -0.39 is 5.60 Å². The summed E-state index contributed by atoms with van der Waals surface area (Å²) in [6.45, 7) is 2.08. The smallest absolute Gasteiger partial charge is 0.138 e. The number of aliphatic hydroxyl groups is 1. The number of benzene rings is 1. The van der Waals surface area contributed by atoms with Crippen LogP contribution in [0.5, 0.6) is 0 Å². The molecule has 4 rings (SSSR count). The molecule has 0 unspecified atom stereocenters. The molecule has 1 aromatic carbocycles. The van der Waals surface area contributed by atoms with E-state index in [0.29, 0.717) is 6.54 Å². The highest BCUT2D eigenvalue weighted by atomic mass is 32.1. The summed E-state index contributed by atoms with van der Waals surface area (Å²) in [7, 11) is 1.83. The number of aryl methyl sites for hydroxylation is 1. The maximum absolute atomic E-state index is 10.8. The third-order valence-electron chi connectivity index (χ3n) is 4.38. The van der Waals surface area contributed by atoms with Crippen LogP contribution in [0.2, 0.25) is 0 Å². The second kappa shape index (κ2) is 6.51. The van der Waals surface area contributed by atoms with Gasteiger partial charge in [-0.2, -0.15) is 5.10 Å². The number of anilines is 1. The average molecular weight is 365 g/mol. The first-order valence-electron chi connectivity index (χ1n) is 8.27. The highest BCUT2D eigenvalue weighted by Gasteiger charge is 2.25. The van der Waals surface area contributed by atoms with Gasteiger partial charge in [0.25, 0.3) is 0 Å². The van der Waals surface area contributed by atoms with Crippen molar-refractivity contribution in [1.82, 2.24) is 19.7 Å². The van der Waals surface area contributed by atoms with Crippen molar-refractivity contribution in [2.45, 2.75) is 12.5 Å². The Balaban J connectivity index is 1.68. The van der Waals surface area contributed by atoms with Gasteiger partial charge in [0.2, 0.25) is 0 Å². The fourth-order valence-electron chi connectivity index (χ4n) is 2.90. The molecule has 6 nitrogen and oxygen atoms in total. The summed E-state index contributed by atoms with van der Waals surface area (Å²) in [5.74, 6) is 0.722. The van der Waals surface area contributed by atoms with Crippen LogP contribution in [-0.2, 0) is 12.6 Å². The maximum atomic E-state index is 10.8. The van der Waals surface area contributed by atoms with Gasteiger partial charge in [-0.1, -0.05) is 30.3 Å². The van der Waals surface area contributed by atoms with Crippen molar-refractivity contribution in [3.8, 4) is 11.1 Å². The highest BCUT2D eigenvalue weighted by molar-refractivity contribution is 7.17. The summed E-state index contributed by atoms with van der Waals surface area (Å²) in [4.78, 5) is 9.72. The SMILES string of the molecule is Cn1cc([C@](C)(O)CNc2ncnc3scc(-c4ccccc4)c23)cn1. The Kier molecular flexibility index (Phi) is 4.18. The molecule has 0 spiro atoms. The summed E-state index contributed by atoms with van der Waals surface area (Å²) in [6, 6.07) is 10.2. The Morgan fingerprint density at radius 3 is 2.77 bits per heavy atom. The van der Waals surface area contributed by atoms with Gasteiger partial charge in [0.05, 0.1) is 11.6 Å². The van der Waals surface area contributed by atoms with Crippen molar-refractivity contribution in [3.63, 3.8) is 0 Å². The van der Waals surface area contributed by atoms with Crippen LogP contribution >= 0.6 is 11.3 Å². The predicted molar refractivity (Wildman–Crippen MR) is 104 cm³/mol. The topological polar surface area (TPSA) is 75.9 Å². The van der Waals surface area contributed by atoms with Gasteiger partial charge in [-0.15, -0.1) is 11.3 Å². The summed E-state index contributed by atoms with van der Waals surface area (Å²) in [5.41, 5.74) is 1.91. The molecule has 0 saturated carbocycles. The molecule has 132 valence electrons. The third-order valence-corrected chi connectivity index (χ3v) is 5.27. The van der Waals surface area contributed by atoms with Crippen LogP contribution < -0.4 is 5.32 Å². The minimum Gasteiger partial charge on any atom is -0.383 e.